The van der Waals surface area contributed by atoms with Crippen molar-refractivity contribution in [1.29, 1.82) is 0 Å². The van der Waals surface area contributed by atoms with Crippen LogP contribution >= 0.6 is 11.6 Å². The molecule has 0 unspecified atom stereocenters. The fourth-order valence-electron chi connectivity index (χ4n) is 2.70. The lowest BCUT2D eigenvalue weighted by atomic mass is 10.1. The normalized spacial score (nSPS) is 10.9. The van der Waals surface area contributed by atoms with Gasteiger partial charge in [0, 0.05) is 23.3 Å². The van der Waals surface area contributed by atoms with Crippen LogP contribution in [-0.4, -0.2) is 9.97 Å². The monoisotopic (exact) mass is 333 g/mol. The third-order valence-electron chi connectivity index (χ3n) is 4.00. The number of halogens is 1. The highest BCUT2D eigenvalue weighted by Gasteiger charge is 2.05. The number of rotatable bonds is 4. The summed E-state index contributed by atoms with van der Waals surface area (Å²) in [4.78, 5) is 7.81. The van der Waals surface area contributed by atoms with Crippen molar-refractivity contribution in [3.63, 3.8) is 0 Å². The summed E-state index contributed by atoms with van der Waals surface area (Å²) in [5.74, 6) is 0.758. The van der Waals surface area contributed by atoms with Crippen LogP contribution in [0.1, 0.15) is 5.56 Å². The van der Waals surface area contributed by atoms with Crippen molar-refractivity contribution in [3.05, 3.63) is 83.5 Å². The summed E-state index contributed by atoms with van der Waals surface area (Å²) in [5, 5.41) is 6.49. The number of H-pyrrole nitrogens is 1. The molecule has 0 aliphatic carbocycles. The highest BCUT2D eigenvalue weighted by Crippen LogP contribution is 2.24. The predicted molar refractivity (Wildman–Crippen MR) is 100 cm³/mol. The van der Waals surface area contributed by atoms with E-state index in [2.05, 4.69) is 57.7 Å². The van der Waals surface area contributed by atoms with Crippen LogP contribution in [0.3, 0.4) is 0 Å². The molecule has 0 amide bonds. The molecular formula is C20H16ClN3. The van der Waals surface area contributed by atoms with Crippen LogP contribution in [0.2, 0.25) is 5.02 Å². The maximum Gasteiger partial charge on any atom is 0.200 e. The van der Waals surface area contributed by atoms with Gasteiger partial charge in [0.15, 0.2) is 0 Å². The molecule has 3 aromatic carbocycles. The van der Waals surface area contributed by atoms with Gasteiger partial charge in [-0.2, -0.15) is 0 Å². The minimum absolute atomic E-state index is 0.696. The molecule has 3 nitrogen and oxygen atoms in total. The van der Waals surface area contributed by atoms with E-state index in [-0.39, 0.29) is 0 Å². The number of benzene rings is 3. The number of anilines is 1. The van der Waals surface area contributed by atoms with Crippen LogP contribution in [0.25, 0.3) is 22.0 Å². The lowest BCUT2D eigenvalue weighted by molar-refractivity contribution is 1.09. The van der Waals surface area contributed by atoms with Crippen LogP contribution in [0, 0.1) is 0 Å². The number of hydrogen-bond acceptors (Lipinski definition) is 2. The quantitative estimate of drug-likeness (QED) is 0.518. The summed E-state index contributed by atoms with van der Waals surface area (Å²) < 4.78 is 0. The predicted octanol–water partition coefficient (Wildman–Crippen LogP) is 5.50. The number of fused-ring (bicyclic) bond motifs is 1. The number of aromatic amines is 1. The van der Waals surface area contributed by atoms with Crippen LogP contribution in [-0.2, 0) is 6.54 Å². The van der Waals surface area contributed by atoms with Crippen molar-refractivity contribution in [2.24, 2.45) is 0 Å². The lowest BCUT2D eigenvalue weighted by Crippen LogP contribution is -2.00. The van der Waals surface area contributed by atoms with Gasteiger partial charge in [0.05, 0.1) is 5.69 Å². The summed E-state index contributed by atoms with van der Waals surface area (Å²) in [6.45, 7) is 0.696. The summed E-state index contributed by atoms with van der Waals surface area (Å²) >= 11 is 5.90. The van der Waals surface area contributed by atoms with Crippen molar-refractivity contribution >= 4 is 28.3 Å². The summed E-state index contributed by atoms with van der Waals surface area (Å²) in [7, 11) is 0. The van der Waals surface area contributed by atoms with Crippen LogP contribution < -0.4 is 5.32 Å². The zero-order valence-corrected chi connectivity index (χ0v) is 13.7. The molecule has 0 atom stereocenters. The minimum Gasteiger partial charge on any atom is -0.352 e. The number of imidazole rings is 1. The molecule has 1 heterocycles. The topological polar surface area (TPSA) is 40.7 Å². The Hall–Kier alpha value is -2.78. The molecule has 4 heteroatoms. The van der Waals surface area contributed by atoms with Gasteiger partial charge >= 0.3 is 0 Å². The zero-order chi connectivity index (χ0) is 16.4. The third kappa shape index (κ3) is 3.12. The van der Waals surface area contributed by atoms with Gasteiger partial charge in [0.2, 0.25) is 5.95 Å². The van der Waals surface area contributed by atoms with Crippen molar-refractivity contribution in [2.45, 2.75) is 6.54 Å². The first kappa shape index (κ1) is 14.8. The summed E-state index contributed by atoms with van der Waals surface area (Å²) in [6, 6.07) is 22.5. The number of nitrogens with zero attached hydrogens (tertiary/aromatic N) is 1. The van der Waals surface area contributed by atoms with Crippen LogP contribution in [0.15, 0.2) is 72.9 Å². The van der Waals surface area contributed by atoms with E-state index in [4.69, 9.17) is 11.6 Å². The van der Waals surface area contributed by atoms with Gasteiger partial charge in [-0.1, -0.05) is 60.1 Å². The van der Waals surface area contributed by atoms with Gasteiger partial charge in [0.25, 0.3) is 0 Å². The highest BCUT2D eigenvalue weighted by atomic mass is 35.5. The molecule has 0 saturated heterocycles. The molecule has 0 saturated carbocycles. The van der Waals surface area contributed by atoms with E-state index in [0.29, 0.717) is 6.54 Å². The second-order valence-corrected chi connectivity index (χ2v) is 6.11. The minimum atomic E-state index is 0.696. The number of nitrogens with one attached hydrogen (secondary N) is 2. The average Bonchev–Trinajstić information content (AvgIpc) is 3.10. The SMILES string of the molecule is Clc1ccc(CNc2nc(-c3ccc4ccccc4c3)c[nH]2)cc1. The van der Waals surface area contributed by atoms with E-state index in [1.54, 1.807) is 0 Å². The van der Waals surface area contributed by atoms with E-state index in [1.807, 2.05) is 30.5 Å². The van der Waals surface area contributed by atoms with Crippen LogP contribution in [0.5, 0.6) is 0 Å². The van der Waals surface area contributed by atoms with Gasteiger partial charge < -0.3 is 10.3 Å². The molecule has 0 fully saturated rings. The van der Waals surface area contributed by atoms with Gasteiger partial charge in [-0.05, 0) is 34.5 Å². The standard InChI is InChI=1S/C20H16ClN3/c21-18-9-5-14(6-10-18)12-22-20-23-13-19(24-20)17-8-7-15-3-1-2-4-16(15)11-17/h1-11,13H,12H2,(H2,22,23,24). The molecule has 0 spiro atoms. The Balaban J connectivity index is 1.52. The Kier molecular flexibility index (Phi) is 3.93. The maximum atomic E-state index is 5.90. The molecule has 4 aromatic rings. The van der Waals surface area contributed by atoms with Crippen molar-refractivity contribution in [2.75, 3.05) is 5.32 Å². The van der Waals surface area contributed by atoms with E-state index in [9.17, 15) is 0 Å². The fourth-order valence-corrected chi connectivity index (χ4v) is 2.82. The number of hydrogen-bond donors (Lipinski definition) is 2. The molecule has 0 aliphatic heterocycles. The van der Waals surface area contributed by atoms with Crippen molar-refractivity contribution in [1.82, 2.24) is 9.97 Å². The summed E-state index contributed by atoms with van der Waals surface area (Å²) in [5.41, 5.74) is 3.19. The Morgan fingerprint density at radius 2 is 1.71 bits per heavy atom. The Labute approximate surface area is 145 Å². The van der Waals surface area contributed by atoms with Gasteiger partial charge in [0.1, 0.15) is 0 Å². The van der Waals surface area contributed by atoms with Crippen molar-refractivity contribution in [3.8, 4) is 11.3 Å². The van der Waals surface area contributed by atoms with Gasteiger partial charge in [-0.3, -0.25) is 0 Å². The Morgan fingerprint density at radius 3 is 2.54 bits per heavy atom. The molecule has 4 rings (SSSR count). The second-order valence-electron chi connectivity index (χ2n) is 5.68. The summed E-state index contributed by atoms with van der Waals surface area (Å²) in [6.07, 6.45) is 1.92. The molecule has 118 valence electrons. The molecule has 0 bridgehead atoms. The smallest absolute Gasteiger partial charge is 0.200 e. The number of aromatic nitrogens is 2. The molecule has 24 heavy (non-hydrogen) atoms. The maximum absolute atomic E-state index is 5.90. The van der Waals surface area contributed by atoms with E-state index < -0.39 is 0 Å². The molecule has 0 aliphatic rings. The first-order valence-electron chi connectivity index (χ1n) is 7.81. The first-order chi connectivity index (χ1) is 11.8. The lowest BCUT2D eigenvalue weighted by Gasteiger charge is -2.03. The van der Waals surface area contributed by atoms with Crippen LogP contribution in [0.4, 0.5) is 5.95 Å². The Morgan fingerprint density at radius 1 is 0.917 bits per heavy atom. The highest BCUT2D eigenvalue weighted by molar-refractivity contribution is 6.30. The zero-order valence-electron chi connectivity index (χ0n) is 13.0. The average molecular weight is 334 g/mol. The first-order valence-corrected chi connectivity index (χ1v) is 8.19. The third-order valence-corrected chi connectivity index (χ3v) is 4.25. The van der Waals surface area contributed by atoms with Crippen molar-refractivity contribution < 1.29 is 0 Å². The molecule has 0 radical (unpaired) electrons. The largest absolute Gasteiger partial charge is 0.352 e. The van der Waals surface area contributed by atoms with Gasteiger partial charge in [-0.15, -0.1) is 0 Å². The van der Waals surface area contributed by atoms with E-state index in [1.165, 1.54) is 10.8 Å². The molecular weight excluding hydrogens is 318 g/mol. The second kappa shape index (κ2) is 6.38. The fraction of sp³-hybridized carbons (Fsp3) is 0.0500. The molecule has 2 N–H and O–H groups in total. The van der Waals surface area contributed by atoms with E-state index >= 15 is 0 Å². The Bertz CT molecular complexity index is 974. The van der Waals surface area contributed by atoms with E-state index in [0.717, 1.165) is 27.8 Å². The molecule has 1 aromatic heterocycles. The van der Waals surface area contributed by atoms with Gasteiger partial charge in [-0.25, -0.2) is 4.98 Å².